The Labute approximate surface area is 138 Å². The van der Waals surface area contributed by atoms with Crippen LogP contribution in [0.15, 0.2) is 46.9 Å². The van der Waals surface area contributed by atoms with Gasteiger partial charge in [-0.3, -0.25) is 0 Å². The van der Waals surface area contributed by atoms with Crippen molar-refractivity contribution < 1.29 is 19.0 Å². The Hall–Kier alpha value is -2.01. The van der Waals surface area contributed by atoms with E-state index in [0.29, 0.717) is 30.3 Å². The number of esters is 1. The first-order valence-corrected chi connectivity index (χ1v) is 7.65. The van der Waals surface area contributed by atoms with Gasteiger partial charge in [0.1, 0.15) is 6.61 Å². The third-order valence-electron chi connectivity index (χ3n) is 2.98. The molecule has 0 heterocycles. The van der Waals surface area contributed by atoms with Gasteiger partial charge >= 0.3 is 5.97 Å². The molecular formula is C17H17BrO4. The first-order valence-electron chi connectivity index (χ1n) is 6.86. The predicted molar refractivity (Wildman–Crippen MR) is 87.4 cm³/mol. The van der Waals surface area contributed by atoms with Crippen LogP contribution in [-0.4, -0.2) is 19.7 Å². The Morgan fingerprint density at radius 2 is 1.82 bits per heavy atom. The molecule has 0 N–H and O–H groups in total. The van der Waals surface area contributed by atoms with Crippen LogP contribution in [0.5, 0.6) is 11.5 Å². The van der Waals surface area contributed by atoms with Crippen molar-refractivity contribution >= 4 is 21.9 Å². The second-order valence-corrected chi connectivity index (χ2v) is 5.42. The molecule has 0 fully saturated rings. The van der Waals surface area contributed by atoms with Crippen molar-refractivity contribution in [2.24, 2.45) is 0 Å². The number of methoxy groups -OCH3 is 1. The normalized spacial score (nSPS) is 10.1. The molecule has 0 radical (unpaired) electrons. The number of hydrogen-bond acceptors (Lipinski definition) is 4. The second kappa shape index (κ2) is 7.84. The van der Waals surface area contributed by atoms with Crippen molar-refractivity contribution in [2.45, 2.75) is 13.5 Å². The minimum Gasteiger partial charge on any atom is -0.493 e. The molecule has 4 nitrogen and oxygen atoms in total. The average Bonchev–Trinajstić information content (AvgIpc) is 2.54. The molecule has 0 aliphatic carbocycles. The second-order valence-electron chi connectivity index (χ2n) is 4.50. The third-order valence-corrected chi connectivity index (χ3v) is 3.51. The van der Waals surface area contributed by atoms with E-state index in [1.54, 1.807) is 25.1 Å². The summed E-state index contributed by atoms with van der Waals surface area (Å²) in [6.45, 7) is 2.52. The van der Waals surface area contributed by atoms with E-state index in [0.717, 1.165) is 10.0 Å². The smallest absolute Gasteiger partial charge is 0.338 e. The standard InChI is InChI=1S/C17H17BrO4/c1-3-21-17(19)13-6-9-15(16(10-13)20-2)22-11-12-4-7-14(18)8-5-12/h4-10H,3,11H2,1-2H3. The van der Waals surface area contributed by atoms with Crippen molar-refractivity contribution in [3.63, 3.8) is 0 Å². The largest absolute Gasteiger partial charge is 0.493 e. The van der Waals surface area contributed by atoms with Crippen LogP contribution in [0.25, 0.3) is 0 Å². The molecule has 22 heavy (non-hydrogen) atoms. The summed E-state index contributed by atoms with van der Waals surface area (Å²) in [7, 11) is 1.54. The molecule has 0 unspecified atom stereocenters. The van der Waals surface area contributed by atoms with Gasteiger partial charge in [0.15, 0.2) is 11.5 Å². The van der Waals surface area contributed by atoms with Crippen molar-refractivity contribution in [1.29, 1.82) is 0 Å². The summed E-state index contributed by atoms with van der Waals surface area (Å²) in [5, 5.41) is 0. The minimum absolute atomic E-state index is 0.336. The predicted octanol–water partition coefficient (Wildman–Crippen LogP) is 4.21. The molecule has 0 bridgehead atoms. The van der Waals surface area contributed by atoms with E-state index in [1.807, 2.05) is 24.3 Å². The molecule has 0 saturated carbocycles. The van der Waals surface area contributed by atoms with Crippen LogP contribution in [0.1, 0.15) is 22.8 Å². The van der Waals surface area contributed by atoms with Gasteiger partial charge in [0.25, 0.3) is 0 Å². The van der Waals surface area contributed by atoms with E-state index in [4.69, 9.17) is 14.2 Å². The molecule has 0 aliphatic rings. The lowest BCUT2D eigenvalue weighted by Gasteiger charge is -2.12. The van der Waals surface area contributed by atoms with Crippen LogP contribution < -0.4 is 9.47 Å². The van der Waals surface area contributed by atoms with E-state index >= 15 is 0 Å². The molecule has 116 valence electrons. The number of ether oxygens (including phenoxy) is 3. The summed E-state index contributed by atoms with van der Waals surface area (Å²) in [4.78, 5) is 11.7. The lowest BCUT2D eigenvalue weighted by atomic mass is 10.2. The lowest BCUT2D eigenvalue weighted by Crippen LogP contribution is -2.05. The molecule has 5 heteroatoms. The van der Waals surface area contributed by atoms with Crippen molar-refractivity contribution in [1.82, 2.24) is 0 Å². The van der Waals surface area contributed by atoms with E-state index < -0.39 is 0 Å². The summed E-state index contributed by atoms with van der Waals surface area (Å²) in [6, 6.07) is 12.9. The van der Waals surface area contributed by atoms with E-state index in [1.165, 1.54) is 7.11 Å². The van der Waals surface area contributed by atoms with Crippen LogP contribution in [0.4, 0.5) is 0 Å². The molecule has 2 aromatic carbocycles. The Balaban J connectivity index is 2.10. The molecule has 2 aromatic rings. The molecule has 0 atom stereocenters. The molecule has 2 rings (SSSR count). The van der Waals surface area contributed by atoms with Gasteiger partial charge in [0.05, 0.1) is 19.3 Å². The summed E-state index contributed by atoms with van der Waals surface area (Å²) < 4.78 is 17.0. The van der Waals surface area contributed by atoms with Gasteiger partial charge in [0.2, 0.25) is 0 Å². The number of carbonyl (C=O) groups is 1. The van der Waals surface area contributed by atoms with E-state index in [-0.39, 0.29) is 5.97 Å². The Morgan fingerprint density at radius 3 is 2.45 bits per heavy atom. The molecule has 0 amide bonds. The zero-order chi connectivity index (χ0) is 15.9. The molecule has 0 spiro atoms. The van der Waals surface area contributed by atoms with Crippen LogP contribution in [0, 0.1) is 0 Å². The number of hydrogen-bond donors (Lipinski definition) is 0. The van der Waals surface area contributed by atoms with Gasteiger partial charge < -0.3 is 14.2 Å². The zero-order valence-electron chi connectivity index (χ0n) is 12.5. The maximum Gasteiger partial charge on any atom is 0.338 e. The summed E-state index contributed by atoms with van der Waals surface area (Å²) >= 11 is 3.39. The first-order chi connectivity index (χ1) is 10.6. The highest BCUT2D eigenvalue weighted by molar-refractivity contribution is 9.10. The van der Waals surface area contributed by atoms with E-state index in [9.17, 15) is 4.79 Å². The van der Waals surface area contributed by atoms with Gasteiger partial charge in [0, 0.05) is 4.47 Å². The van der Waals surface area contributed by atoms with Gasteiger partial charge in [-0.25, -0.2) is 4.79 Å². The molecule has 0 saturated heterocycles. The fourth-order valence-electron chi connectivity index (χ4n) is 1.87. The maximum atomic E-state index is 11.7. The highest BCUT2D eigenvalue weighted by Crippen LogP contribution is 2.29. The fraction of sp³-hybridized carbons (Fsp3) is 0.235. The summed E-state index contributed by atoms with van der Waals surface area (Å²) in [5.41, 5.74) is 1.48. The summed E-state index contributed by atoms with van der Waals surface area (Å²) in [5.74, 6) is 0.710. The van der Waals surface area contributed by atoms with Crippen LogP contribution >= 0.6 is 15.9 Å². The Morgan fingerprint density at radius 1 is 1.09 bits per heavy atom. The minimum atomic E-state index is -0.375. The zero-order valence-corrected chi connectivity index (χ0v) is 14.1. The number of rotatable bonds is 6. The molecule has 0 aliphatic heterocycles. The van der Waals surface area contributed by atoms with Crippen molar-refractivity contribution in [3.05, 3.63) is 58.1 Å². The average molecular weight is 365 g/mol. The number of halogens is 1. The highest BCUT2D eigenvalue weighted by atomic mass is 79.9. The topological polar surface area (TPSA) is 44.8 Å². The summed E-state index contributed by atoms with van der Waals surface area (Å²) in [6.07, 6.45) is 0. The Bertz CT molecular complexity index is 638. The van der Waals surface area contributed by atoms with Gasteiger partial charge in [-0.15, -0.1) is 0 Å². The third kappa shape index (κ3) is 4.24. The monoisotopic (exact) mass is 364 g/mol. The Kier molecular flexibility index (Phi) is 5.83. The number of carbonyl (C=O) groups excluding carboxylic acids is 1. The van der Waals surface area contributed by atoms with Crippen LogP contribution in [-0.2, 0) is 11.3 Å². The van der Waals surface area contributed by atoms with Crippen molar-refractivity contribution in [2.75, 3.05) is 13.7 Å². The number of benzene rings is 2. The van der Waals surface area contributed by atoms with Gasteiger partial charge in [-0.1, -0.05) is 28.1 Å². The maximum absolute atomic E-state index is 11.7. The highest BCUT2D eigenvalue weighted by Gasteiger charge is 2.12. The van der Waals surface area contributed by atoms with E-state index in [2.05, 4.69) is 15.9 Å². The SMILES string of the molecule is CCOC(=O)c1ccc(OCc2ccc(Br)cc2)c(OC)c1. The van der Waals surface area contributed by atoms with Crippen LogP contribution in [0.3, 0.4) is 0 Å². The van der Waals surface area contributed by atoms with Crippen LogP contribution in [0.2, 0.25) is 0 Å². The first kappa shape index (κ1) is 16.4. The molecular weight excluding hydrogens is 348 g/mol. The van der Waals surface area contributed by atoms with Crippen molar-refractivity contribution in [3.8, 4) is 11.5 Å². The molecule has 0 aromatic heterocycles. The lowest BCUT2D eigenvalue weighted by molar-refractivity contribution is 0.0526. The fourth-order valence-corrected chi connectivity index (χ4v) is 2.13. The van der Waals surface area contributed by atoms with Gasteiger partial charge in [-0.2, -0.15) is 0 Å². The van der Waals surface area contributed by atoms with Gasteiger partial charge in [-0.05, 0) is 42.8 Å². The quantitative estimate of drug-likeness (QED) is 0.720.